The van der Waals surface area contributed by atoms with Gasteiger partial charge in [0.1, 0.15) is 5.78 Å². The van der Waals surface area contributed by atoms with Crippen LogP contribution in [0.25, 0.3) is 0 Å². The van der Waals surface area contributed by atoms with E-state index < -0.39 is 16.2 Å². The van der Waals surface area contributed by atoms with Gasteiger partial charge in [0.05, 0.1) is 19.1 Å². The van der Waals surface area contributed by atoms with Crippen LogP contribution in [0, 0.1) is 5.92 Å². The van der Waals surface area contributed by atoms with Gasteiger partial charge in [0.2, 0.25) is 0 Å². The van der Waals surface area contributed by atoms with E-state index in [9.17, 15) is 9.59 Å². The molecular weight excluding hydrogens is 278 g/mol. The first-order valence-electron chi connectivity index (χ1n) is 4.54. The number of ether oxygens (including phenoxy) is 1. The zero-order valence-electron chi connectivity index (χ0n) is 9.08. The molecule has 0 saturated carbocycles. The van der Waals surface area contributed by atoms with E-state index in [4.69, 9.17) is 39.9 Å². The Morgan fingerprint density at radius 3 is 2.00 bits per heavy atom. The number of alkyl halides is 3. The smallest absolute Gasteiger partial charge is 0.311 e. The number of esters is 1. The number of rotatable bonds is 5. The molecule has 1 atom stereocenters. The van der Waals surface area contributed by atoms with E-state index in [1.54, 1.807) is 6.92 Å². The summed E-state index contributed by atoms with van der Waals surface area (Å²) in [6, 6.07) is 0. The first kappa shape index (κ1) is 18.3. The van der Waals surface area contributed by atoms with Crippen LogP contribution >= 0.6 is 34.8 Å². The fourth-order valence-corrected chi connectivity index (χ4v) is 0.830. The average Bonchev–Trinajstić information content (AvgIpc) is 2.13. The molecule has 7 heteroatoms. The highest BCUT2D eigenvalue weighted by atomic mass is 35.6. The van der Waals surface area contributed by atoms with E-state index in [-0.39, 0.29) is 25.4 Å². The summed E-state index contributed by atoms with van der Waals surface area (Å²) in [6.45, 7) is 2.99. The van der Waals surface area contributed by atoms with Crippen LogP contribution in [0.3, 0.4) is 0 Å². The van der Waals surface area contributed by atoms with Crippen LogP contribution in [-0.2, 0) is 14.3 Å². The van der Waals surface area contributed by atoms with Crippen molar-refractivity contribution in [1.82, 2.24) is 0 Å². The third-order valence-corrected chi connectivity index (χ3v) is 1.37. The van der Waals surface area contributed by atoms with Gasteiger partial charge in [0.15, 0.2) is 4.30 Å². The number of Topliss-reactive ketones (excluding diaryl/α,β-unsaturated/α-hetero) is 1. The summed E-state index contributed by atoms with van der Waals surface area (Å²) in [6.07, 6.45) is 0.0509. The molecule has 0 fully saturated rings. The van der Waals surface area contributed by atoms with Gasteiger partial charge in [-0.05, 0) is 13.8 Å². The molecule has 0 heterocycles. The predicted octanol–water partition coefficient (Wildman–Crippen LogP) is 2.12. The van der Waals surface area contributed by atoms with Crippen LogP contribution in [0.5, 0.6) is 0 Å². The number of halogens is 3. The molecule has 1 N–H and O–H groups in total. The molecule has 0 bridgehead atoms. The lowest BCUT2D eigenvalue weighted by atomic mass is 10.1. The Morgan fingerprint density at radius 2 is 1.75 bits per heavy atom. The normalized spacial score (nSPS) is 11.4. The SMILES string of the molecule is CCOC(=O)C(CO)CC(C)=O.ClC(Cl)Cl. The Morgan fingerprint density at radius 1 is 1.31 bits per heavy atom. The van der Waals surface area contributed by atoms with Crippen LogP contribution in [-0.4, -0.2) is 34.4 Å². The van der Waals surface area contributed by atoms with Gasteiger partial charge < -0.3 is 14.6 Å². The molecule has 4 nitrogen and oxygen atoms in total. The van der Waals surface area contributed by atoms with Gasteiger partial charge in [0.25, 0.3) is 0 Å². The molecule has 0 aromatic rings. The molecule has 0 rings (SSSR count). The Bertz CT molecular complexity index is 206. The van der Waals surface area contributed by atoms with Crippen molar-refractivity contribution in [3.05, 3.63) is 0 Å². The van der Waals surface area contributed by atoms with Crippen molar-refractivity contribution in [3.8, 4) is 0 Å². The second-order valence-electron chi connectivity index (χ2n) is 2.79. The third-order valence-electron chi connectivity index (χ3n) is 1.37. The second kappa shape index (κ2) is 11.5. The van der Waals surface area contributed by atoms with E-state index >= 15 is 0 Å². The van der Waals surface area contributed by atoms with Crippen molar-refractivity contribution in [2.45, 2.75) is 24.6 Å². The standard InChI is InChI=1S/C8H14O4.CHCl3/c1-3-12-8(11)7(5-9)4-6(2)10;2-1(3)4/h7,9H,3-5H2,1-2H3;1H. The molecule has 1 unspecified atom stereocenters. The summed E-state index contributed by atoms with van der Waals surface area (Å²) in [7, 11) is 0. The quantitative estimate of drug-likeness (QED) is 0.623. The van der Waals surface area contributed by atoms with Crippen LogP contribution < -0.4 is 0 Å². The van der Waals surface area contributed by atoms with Crippen LogP contribution in [0.2, 0.25) is 0 Å². The van der Waals surface area contributed by atoms with E-state index in [1.165, 1.54) is 6.92 Å². The molecule has 0 aliphatic rings. The van der Waals surface area contributed by atoms with E-state index in [1.807, 2.05) is 0 Å². The van der Waals surface area contributed by atoms with Crippen LogP contribution in [0.4, 0.5) is 0 Å². The Balaban J connectivity index is 0. The van der Waals surface area contributed by atoms with Gasteiger partial charge in [-0.1, -0.05) is 34.8 Å². The van der Waals surface area contributed by atoms with Crippen molar-refractivity contribution >= 4 is 46.6 Å². The lowest BCUT2D eigenvalue weighted by Gasteiger charge is -2.10. The Labute approximate surface area is 110 Å². The summed E-state index contributed by atoms with van der Waals surface area (Å²) in [5.41, 5.74) is 0. The van der Waals surface area contributed by atoms with Gasteiger partial charge in [-0.3, -0.25) is 4.79 Å². The highest BCUT2D eigenvalue weighted by Gasteiger charge is 2.20. The first-order chi connectivity index (χ1) is 7.34. The van der Waals surface area contributed by atoms with E-state index in [0.29, 0.717) is 0 Å². The maximum Gasteiger partial charge on any atom is 0.311 e. The zero-order valence-corrected chi connectivity index (χ0v) is 11.3. The second-order valence-corrected chi connectivity index (χ2v) is 4.76. The maximum absolute atomic E-state index is 11.0. The number of ketones is 1. The summed E-state index contributed by atoms with van der Waals surface area (Å²) in [5, 5.41) is 8.72. The number of hydrogen-bond donors (Lipinski definition) is 1. The molecule has 96 valence electrons. The molecule has 0 aromatic heterocycles. The number of carbonyl (C=O) groups is 2. The average molecular weight is 294 g/mol. The minimum absolute atomic E-state index is 0.0509. The minimum atomic E-state index is -0.750. The van der Waals surface area contributed by atoms with Crippen molar-refractivity contribution in [3.63, 3.8) is 0 Å². The highest BCUT2D eigenvalue weighted by molar-refractivity contribution is 6.63. The molecule has 16 heavy (non-hydrogen) atoms. The van der Waals surface area contributed by atoms with Crippen molar-refractivity contribution < 1.29 is 19.4 Å². The summed E-state index contributed by atoms with van der Waals surface area (Å²) < 4.78 is 3.89. The van der Waals surface area contributed by atoms with Gasteiger partial charge in [0, 0.05) is 6.42 Å². The molecule has 0 saturated heterocycles. The van der Waals surface area contributed by atoms with Crippen molar-refractivity contribution in [2.24, 2.45) is 5.92 Å². The van der Waals surface area contributed by atoms with Gasteiger partial charge >= 0.3 is 5.97 Å². The monoisotopic (exact) mass is 292 g/mol. The molecule has 0 aromatic carbocycles. The number of hydrogen-bond acceptors (Lipinski definition) is 4. The first-order valence-corrected chi connectivity index (χ1v) is 5.85. The largest absolute Gasteiger partial charge is 0.466 e. The molecule has 0 radical (unpaired) electrons. The molecule has 0 amide bonds. The van der Waals surface area contributed by atoms with Gasteiger partial charge in [-0.2, -0.15) is 0 Å². The van der Waals surface area contributed by atoms with Crippen molar-refractivity contribution in [1.29, 1.82) is 0 Å². The van der Waals surface area contributed by atoms with E-state index in [0.717, 1.165) is 0 Å². The molecule has 0 aliphatic carbocycles. The maximum atomic E-state index is 11.0. The Kier molecular flexibility index (Phi) is 13.1. The number of carbonyl (C=O) groups excluding carboxylic acids is 2. The molecule has 0 spiro atoms. The van der Waals surface area contributed by atoms with Crippen LogP contribution in [0.15, 0.2) is 0 Å². The minimum Gasteiger partial charge on any atom is -0.466 e. The fourth-order valence-electron chi connectivity index (χ4n) is 0.830. The zero-order chi connectivity index (χ0) is 13.1. The third kappa shape index (κ3) is 14.0. The topological polar surface area (TPSA) is 63.6 Å². The summed E-state index contributed by atoms with van der Waals surface area (Å²) in [5.74, 6) is -1.32. The fraction of sp³-hybridized carbons (Fsp3) is 0.778. The summed E-state index contributed by atoms with van der Waals surface area (Å²) in [4.78, 5) is 21.6. The number of aliphatic hydroxyl groups excluding tert-OH is 1. The summed E-state index contributed by atoms with van der Waals surface area (Å²) >= 11 is 14.4. The Hall–Kier alpha value is -0.0300. The predicted molar refractivity (Wildman–Crippen MR) is 63.9 cm³/mol. The lowest BCUT2D eigenvalue weighted by Crippen LogP contribution is -2.23. The van der Waals surface area contributed by atoms with Crippen molar-refractivity contribution in [2.75, 3.05) is 13.2 Å². The van der Waals surface area contributed by atoms with E-state index in [2.05, 4.69) is 4.74 Å². The highest BCUT2D eigenvalue weighted by Crippen LogP contribution is 2.05. The number of aliphatic hydroxyl groups is 1. The van der Waals surface area contributed by atoms with Gasteiger partial charge in [-0.15, -0.1) is 0 Å². The van der Waals surface area contributed by atoms with Gasteiger partial charge in [-0.25, -0.2) is 0 Å². The lowest BCUT2D eigenvalue weighted by molar-refractivity contribution is -0.150. The van der Waals surface area contributed by atoms with Crippen LogP contribution in [0.1, 0.15) is 20.3 Å². The molecular formula is C9H15Cl3O4. The molecule has 0 aliphatic heterocycles.